The van der Waals surface area contributed by atoms with Crippen molar-refractivity contribution in [3.8, 4) is 0 Å². The van der Waals surface area contributed by atoms with Gasteiger partial charge in [-0.15, -0.1) is 0 Å². The van der Waals surface area contributed by atoms with Gasteiger partial charge < -0.3 is 10.8 Å². The standard InChI is InChI=1S/C7H8BrClN2O/c8-4-1-5(6(10)3-12)7(9)11-2-4/h1-2,6,12H,3,10H2/t6-/m0/s1. The Morgan fingerprint density at radius 3 is 3.00 bits per heavy atom. The zero-order valence-corrected chi connectivity index (χ0v) is 8.51. The van der Waals surface area contributed by atoms with Gasteiger partial charge in [0, 0.05) is 16.2 Å². The Balaban J connectivity index is 3.04. The molecule has 0 saturated heterocycles. The molecule has 1 heterocycles. The van der Waals surface area contributed by atoms with Crippen LogP contribution in [0, 0.1) is 0 Å². The van der Waals surface area contributed by atoms with E-state index in [1.54, 1.807) is 12.3 Å². The average Bonchev–Trinajstić information content (AvgIpc) is 2.08. The third-order valence-electron chi connectivity index (χ3n) is 1.43. The molecular weight excluding hydrogens is 243 g/mol. The Labute approximate surface area is 83.7 Å². The quantitative estimate of drug-likeness (QED) is 0.783. The first-order valence-corrected chi connectivity index (χ1v) is 4.49. The number of rotatable bonds is 2. The van der Waals surface area contributed by atoms with E-state index in [9.17, 15) is 0 Å². The summed E-state index contributed by atoms with van der Waals surface area (Å²) in [7, 11) is 0. The van der Waals surface area contributed by atoms with Crippen LogP contribution in [0.15, 0.2) is 16.7 Å². The molecule has 0 amide bonds. The molecule has 0 aliphatic heterocycles. The fraction of sp³-hybridized carbons (Fsp3) is 0.286. The topological polar surface area (TPSA) is 59.1 Å². The molecule has 0 unspecified atom stereocenters. The molecule has 0 bridgehead atoms. The fourth-order valence-electron chi connectivity index (χ4n) is 0.797. The second-order valence-electron chi connectivity index (χ2n) is 2.32. The lowest BCUT2D eigenvalue weighted by Crippen LogP contribution is -2.15. The predicted octanol–water partition coefficient (Wildman–Crippen LogP) is 1.49. The summed E-state index contributed by atoms with van der Waals surface area (Å²) in [5.41, 5.74) is 6.22. The minimum atomic E-state index is -0.470. The Bertz CT molecular complexity index is 282. The van der Waals surface area contributed by atoms with E-state index < -0.39 is 6.04 Å². The molecule has 1 rings (SSSR count). The number of hydrogen-bond donors (Lipinski definition) is 2. The number of halogens is 2. The molecule has 0 saturated carbocycles. The minimum Gasteiger partial charge on any atom is -0.394 e. The normalized spacial score (nSPS) is 13.0. The summed E-state index contributed by atoms with van der Waals surface area (Å²) in [4.78, 5) is 3.88. The van der Waals surface area contributed by atoms with E-state index in [0.29, 0.717) is 10.7 Å². The molecule has 3 N–H and O–H groups in total. The maximum Gasteiger partial charge on any atom is 0.133 e. The number of nitrogens with two attached hydrogens (primary N) is 1. The summed E-state index contributed by atoms with van der Waals surface area (Å²) in [6.45, 7) is -0.141. The summed E-state index contributed by atoms with van der Waals surface area (Å²) in [5.74, 6) is 0. The number of aliphatic hydroxyl groups is 1. The summed E-state index contributed by atoms with van der Waals surface area (Å²) >= 11 is 8.98. The van der Waals surface area contributed by atoms with E-state index in [0.717, 1.165) is 4.47 Å². The molecule has 3 nitrogen and oxygen atoms in total. The van der Waals surface area contributed by atoms with Crippen molar-refractivity contribution in [3.63, 3.8) is 0 Å². The van der Waals surface area contributed by atoms with Crippen LogP contribution in [-0.2, 0) is 0 Å². The van der Waals surface area contributed by atoms with Crippen LogP contribution >= 0.6 is 27.5 Å². The monoisotopic (exact) mass is 250 g/mol. The van der Waals surface area contributed by atoms with Gasteiger partial charge in [-0.3, -0.25) is 0 Å². The van der Waals surface area contributed by atoms with Crippen LogP contribution in [0.3, 0.4) is 0 Å². The van der Waals surface area contributed by atoms with Crippen LogP contribution in [-0.4, -0.2) is 16.7 Å². The zero-order chi connectivity index (χ0) is 9.14. The molecule has 0 aliphatic rings. The first kappa shape index (κ1) is 9.92. The van der Waals surface area contributed by atoms with E-state index in [2.05, 4.69) is 20.9 Å². The van der Waals surface area contributed by atoms with Crippen molar-refractivity contribution in [2.24, 2.45) is 5.73 Å². The van der Waals surface area contributed by atoms with Crippen molar-refractivity contribution in [1.82, 2.24) is 4.98 Å². The van der Waals surface area contributed by atoms with Gasteiger partial charge >= 0.3 is 0 Å². The predicted molar refractivity (Wildman–Crippen MR) is 51.0 cm³/mol. The van der Waals surface area contributed by atoms with E-state index in [-0.39, 0.29) is 6.61 Å². The first-order valence-electron chi connectivity index (χ1n) is 3.32. The highest BCUT2D eigenvalue weighted by molar-refractivity contribution is 9.10. The fourth-order valence-corrected chi connectivity index (χ4v) is 1.39. The lowest BCUT2D eigenvalue weighted by atomic mass is 10.1. The highest BCUT2D eigenvalue weighted by atomic mass is 79.9. The lowest BCUT2D eigenvalue weighted by Gasteiger charge is -2.09. The first-order chi connectivity index (χ1) is 5.65. The zero-order valence-electron chi connectivity index (χ0n) is 6.17. The molecule has 12 heavy (non-hydrogen) atoms. The third-order valence-corrected chi connectivity index (χ3v) is 2.18. The average molecular weight is 252 g/mol. The van der Waals surface area contributed by atoms with Gasteiger partial charge in [0.1, 0.15) is 5.15 Å². The Morgan fingerprint density at radius 2 is 2.42 bits per heavy atom. The molecule has 1 aromatic heterocycles. The summed E-state index contributed by atoms with van der Waals surface area (Å²) < 4.78 is 0.797. The van der Waals surface area contributed by atoms with Crippen LogP contribution in [0.25, 0.3) is 0 Å². The highest BCUT2D eigenvalue weighted by Gasteiger charge is 2.09. The van der Waals surface area contributed by atoms with Gasteiger partial charge in [0.2, 0.25) is 0 Å². The Hall–Kier alpha value is -0.160. The highest BCUT2D eigenvalue weighted by Crippen LogP contribution is 2.22. The van der Waals surface area contributed by atoms with Gasteiger partial charge in [0.25, 0.3) is 0 Å². The third kappa shape index (κ3) is 2.17. The summed E-state index contributed by atoms with van der Waals surface area (Å²) in [6.07, 6.45) is 1.58. The van der Waals surface area contributed by atoms with Crippen molar-refractivity contribution >= 4 is 27.5 Å². The molecule has 0 radical (unpaired) electrons. The number of nitrogens with zero attached hydrogens (tertiary/aromatic N) is 1. The second kappa shape index (κ2) is 4.18. The maximum atomic E-state index is 8.78. The molecular formula is C7H8BrClN2O. The Morgan fingerprint density at radius 1 is 1.75 bits per heavy atom. The molecule has 5 heteroatoms. The summed E-state index contributed by atoms with van der Waals surface area (Å²) in [6, 6.07) is 1.28. The molecule has 0 fully saturated rings. The molecule has 1 aromatic rings. The smallest absolute Gasteiger partial charge is 0.133 e. The van der Waals surface area contributed by atoms with E-state index >= 15 is 0 Å². The van der Waals surface area contributed by atoms with E-state index in [1.165, 1.54) is 0 Å². The molecule has 0 spiro atoms. The molecule has 0 aromatic carbocycles. The molecule has 1 atom stereocenters. The number of aromatic nitrogens is 1. The van der Waals surface area contributed by atoms with Crippen molar-refractivity contribution in [2.75, 3.05) is 6.61 Å². The number of aliphatic hydroxyl groups excluding tert-OH is 1. The minimum absolute atomic E-state index is 0.141. The van der Waals surface area contributed by atoms with Crippen molar-refractivity contribution in [1.29, 1.82) is 0 Å². The van der Waals surface area contributed by atoms with Crippen molar-refractivity contribution in [3.05, 3.63) is 27.5 Å². The lowest BCUT2D eigenvalue weighted by molar-refractivity contribution is 0.268. The van der Waals surface area contributed by atoms with Crippen LogP contribution in [0.4, 0.5) is 0 Å². The van der Waals surface area contributed by atoms with Crippen molar-refractivity contribution in [2.45, 2.75) is 6.04 Å². The molecule has 0 aliphatic carbocycles. The number of pyridine rings is 1. The largest absolute Gasteiger partial charge is 0.394 e. The second-order valence-corrected chi connectivity index (χ2v) is 3.60. The van der Waals surface area contributed by atoms with Crippen LogP contribution in [0.2, 0.25) is 5.15 Å². The number of hydrogen-bond acceptors (Lipinski definition) is 3. The maximum absolute atomic E-state index is 8.78. The van der Waals surface area contributed by atoms with Crippen LogP contribution in [0.1, 0.15) is 11.6 Å². The van der Waals surface area contributed by atoms with Crippen LogP contribution in [0.5, 0.6) is 0 Å². The van der Waals surface area contributed by atoms with Crippen LogP contribution < -0.4 is 5.73 Å². The van der Waals surface area contributed by atoms with Crippen molar-refractivity contribution < 1.29 is 5.11 Å². The van der Waals surface area contributed by atoms with Gasteiger partial charge in [-0.05, 0) is 22.0 Å². The summed E-state index contributed by atoms with van der Waals surface area (Å²) in [5, 5.41) is 9.11. The Kier molecular flexibility index (Phi) is 3.46. The van der Waals surface area contributed by atoms with Gasteiger partial charge in [0.05, 0.1) is 12.6 Å². The van der Waals surface area contributed by atoms with Gasteiger partial charge in [-0.2, -0.15) is 0 Å². The molecule has 66 valence electrons. The van der Waals surface area contributed by atoms with Gasteiger partial charge in [0.15, 0.2) is 0 Å². The van der Waals surface area contributed by atoms with E-state index in [1.807, 2.05) is 0 Å². The van der Waals surface area contributed by atoms with Gasteiger partial charge in [-0.25, -0.2) is 4.98 Å². The van der Waals surface area contributed by atoms with E-state index in [4.69, 9.17) is 22.4 Å². The SMILES string of the molecule is N[C@@H](CO)c1cc(Br)cnc1Cl. The van der Waals surface area contributed by atoms with Gasteiger partial charge in [-0.1, -0.05) is 11.6 Å².